The molecule has 1 aromatic carbocycles. The van der Waals surface area contributed by atoms with Crippen molar-refractivity contribution in [2.24, 2.45) is 4.99 Å². The number of guanidine groups is 1. The number of hydrogen-bond acceptors (Lipinski definition) is 4. The monoisotopic (exact) mass is 525 g/mol. The Balaban J connectivity index is 0.00000420. The molecule has 2 aromatic rings. The van der Waals surface area contributed by atoms with Crippen LogP contribution < -0.4 is 10.6 Å². The number of furan rings is 1. The second-order valence-electron chi connectivity index (χ2n) is 5.92. The maximum absolute atomic E-state index is 12.8. The van der Waals surface area contributed by atoms with Gasteiger partial charge >= 0.3 is 12.1 Å². The summed E-state index contributed by atoms with van der Waals surface area (Å²) in [5, 5.41) is 6.03. The van der Waals surface area contributed by atoms with Crippen molar-refractivity contribution in [1.82, 2.24) is 10.6 Å². The number of ether oxygens (including phenoxy) is 1. The maximum atomic E-state index is 12.8. The van der Waals surface area contributed by atoms with Gasteiger partial charge in [-0.05, 0) is 37.6 Å². The molecule has 10 heteroatoms. The standard InChI is InChI=1S/C19H22F3N3O3.HI/c1-4-23-18(24-10-13-6-5-7-14(8-13)19(20,21)22)25-11-15-9-16(12(2)28-15)17(26)27-3;/h5-9H,4,10-11H2,1-3H3,(H2,23,24,25);1H. The van der Waals surface area contributed by atoms with Crippen molar-refractivity contribution >= 4 is 35.9 Å². The molecule has 6 nitrogen and oxygen atoms in total. The van der Waals surface area contributed by atoms with Gasteiger partial charge in [0.2, 0.25) is 0 Å². The molecule has 1 heterocycles. The third-order valence-corrected chi connectivity index (χ3v) is 3.82. The molecular formula is C19H23F3IN3O3. The number of esters is 1. The number of nitrogens with one attached hydrogen (secondary N) is 2. The van der Waals surface area contributed by atoms with E-state index in [2.05, 4.69) is 20.4 Å². The first kappa shape index (κ1) is 24.8. The molecule has 160 valence electrons. The van der Waals surface area contributed by atoms with Gasteiger partial charge in [0.05, 0.1) is 25.8 Å². The van der Waals surface area contributed by atoms with E-state index in [1.54, 1.807) is 19.1 Å². The molecule has 1 aromatic heterocycles. The summed E-state index contributed by atoms with van der Waals surface area (Å²) in [4.78, 5) is 15.9. The average molecular weight is 525 g/mol. The van der Waals surface area contributed by atoms with Gasteiger partial charge in [0.15, 0.2) is 5.96 Å². The molecule has 0 aliphatic rings. The Morgan fingerprint density at radius 3 is 2.59 bits per heavy atom. The predicted molar refractivity (Wildman–Crippen MR) is 113 cm³/mol. The van der Waals surface area contributed by atoms with Crippen LogP contribution in [0.1, 0.15) is 39.9 Å². The average Bonchev–Trinajstić information content (AvgIpc) is 3.03. The van der Waals surface area contributed by atoms with Gasteiger partial charge in [0.25, 0.3) is 0 Å². The van der Waals surface area contributed by atoms with Crippen molar-refractivity contribution in [3.63, 3.8) is 0 Å². The molecule has 0 radical (unpaired) electrons. The molecule has 0 bridgehead atoms. The molecule has 0 aliphatic heterocycles. The van der Waals surface area contributed by atoms with E-state index in [-0.39, 0.29) is 37.1 Å². The zero-order valence-corrected chi connectivity index (χ0v) is 18.6. The van der Waals surface area contributed by atoms with E-state index in [0.29, 0.717) is 35.2 Å². The van der Waals surface area contributed by atoms with Gasteiger partial charge in [-0.1, -0.05) is 12.1 Å². The summed E-state index contributed by atoms with van der Waals surface area (Å²) in [5.41, 5.74) is 0.0682. The Kier molecular flexibility index (Phi) is 9.47. The first-order valence-electron chi connectivity index (χ1n) is 8.60. The SMILES string of the molecule is CCNC(=NCc1cccc(C(F)(F)F)c1)NCc1cc(C(=O)OC)c(C)o1.I. The third-order valence-electron chi connectivity index (χ3n) is 3.82. The lowest BCUT2D eigenvalue weighted by Crippen LogP contribution is -2.36. The first-order chi connectivity index (χ1) is 13.2. The quantitative estimate of drug-likeness (QED) is 0.255. The van der Waals surface area contributed by atoms with E-state index in [1.807, 2.05) is 6.92 Å². The molecule has 0 atom stereocenters. The van der Waals surface area contributed by atoms with Crippen LogP contribution in [0.3, 0.4) is 0 Å². The van der Waals surface area contributed by atoms with Gasteiger partial charge in [-0.15, -0.1) is 24.0 Å². The number of halogens is 4. The van der Waals surface area contributed by atoms with Gasteiger partial charge in [-0.3, -0.25) is 0 Å². The minimum absolute atomic E-state index is 0. The highest BCUT2D eigenvalue weighted by atomic mass is 127. The molecule has 0 unspecified atom stereocenters. The van der Waals surface area contributed by atoms with Crippen LogP contribution in [0.4, 0.5) is 13.2 Å². The topological polar surface area (TPSA) is 75.9 Å². The van der Waals surface area contributed by atoms with E-state index < -0.39 is 17.7 Å². The van der Waals surface area contributed by atoms with Crippen molar-refractivity contribution in [2.75, 3.05) is 13.7 Å². The summed E-state index contributed by atoms with van der Waals surface area (Å²) >= 11 is 0. The summed E-state index contributed by atoms with van der Waals surface area (Å²) in [6.45, 7) is 4.41. The van der Waals surface area contributed by atoms with E-state index >= 15 is 0 Å². The molecule has 0 spiro atoms. The van der Waals surface area contributed by atoms with E-state index in [0.717, 1.165) is 12.1 Å². The lowest BCUT2D eigenvalue weighted by Gasteiger charge is -2.11. The number of nitrogens with zero attached hydrogens (tertiary/aromatic N) is 1. The number of aliphatic imine (C=N–C) groups is 1. The summed E-state index contributed by atoms with van der Waals surface area (Å²) in [6.07, 6.45) is -4.39. The fraction of sp³-hybridized carbons (Fsp3) is 0.368. The molecule has 0 fully saturated rings. The summed E-state index contributed by atoms with van der Waals surface area (Å²) < 4.78 is 48.6. The van der Waals surface area contributed by atoms with Crippen molar-refractivity contribution in [1.29, 1.82) is 0 Å². The van der Waals surface area contributed by atoms with Crippen molar-refractivity contribution in [3.05, 3.63) is 58.5 Å². The Morgan fingerprint density at radius 2 is 1.97 bits per heavy atom. The number of carbonyl (C=O) groups excluding carboxylic acids is 1. The number of rotatable bonds is 6. The van der Waals surface area contributed by atoms with Gasteiger partial charge < -0.3 is 19.8 Å². The number of hydrogen-bond donors (Lipinski definition) is 2. The van der Waals surface area contributed by atoms with E-state index in [9.17, 15) is 18.0 Å². The van der Waals surface area contributed by atoms with Crippen LogP contribution >= 0.6 is 24.0 Å². The summed E-state index contributed by atoms with van der Waals surface area (Å²) in [5.74, 6) is 0.864. The van der Waals surface area contributed by atoms with Gasteiger partial charge in [0, 0.05) is 6.54 Å². The fourth-order valence-electron chi connectivity index (χ4n) is 2.47. The number of methoxy groups -OCH3 is 1. The predicted octanol–water partition coefficient (Wildman–Crippen LogP) is 4.27. The molecule has 0 amide bonds. The van der Waals surface area contributed by atoms with Gasteiger partial charge in [-0.25, -0.2) is 9.79 Å². The first-order valence-corrected chi connectivity index (χ1v) is 8.60. The number of alkyl halides is 3. The third kappa shape index (κ3) is 7.26. The van der Waals surface area contributed by atoms with Gasteiger partial charge in [0.1, 0.15) is 17.1 Å². The van der Waals surface area contributed by atoms with Crippen molar-refractivity contribution in [2.45, 2.75) is 33.1 Å². The smallest absolute Gasteiger partial charge is 0.416 e. The van der Waals surface area contributed by atoms with Crippen LogP contribution in [0.5, 0.6) is 0 Å². The molecule has 29 heavy (non-hydrogen) atoms. The van der Waals surface area contributed by atoms with Crippen LogP contribution in [-0.2, 0) is 24.0 Å². The van der Waals surface area contributed by atoms with Crippen LogP contribution in [0.15, 0.2) is 39.7 Å². The zero-order valence-electron chi connectivity index (χ0n) is 16.2. The van der Waals surface area contributed by atoms with Crippen LogP contribution in [0.2, 0.25) is 0 Å². The minimum Gasteiger partial charge on any atom is -0.465 e. The Hall–Kier alpha value is -2.24. The number of benzene rings is 1. The largest absolute Gasteiger partial charge is 0.465 e. The fourth-order valence-corrected chi connectivity index (χ4v) is 2.47. The highest BCUT2D eigenvalue weighted by Crippen LogP contribution is 2.29. The van der Waals surface area contributed by atoms with Crippen LogP contribution in [0.25, 0.3) is 0 Å². The van der Waals surface area contributed by atoms with E-state index in [1.165, 1.54) is 13.2 Å². The second-order valence-corrected chi connectivity index (χ2v) is 5.92. The molecule has 2 N–H and O–H groups in total. The molecule has 0 aliphatic carbocycles. The van der Waals surface area contributed by atoms with Crippen molar-refractivity contribution in [3.8, 4) is 0 Å². The summed E-state index contributed by atoms with van der Waals surface area (Å²) in [7, 11) is 1.29. The highest BCUT2D eigenvalue weighted by Gasteiger charge is 2.30. The zero-order chi connectivity index (χ0) is 20.7. The molecule has 0 saturated carbocycles. The van der Waals surface area contributed by atoms with Crippen LogP contribution in [0, 0.1) is 6.92 Å². The second kappa shape index (κ2) is 11.1. The molecular weight excluding hydrogens is 502 g/mol. The Morgan fingerprint density at radius 1 is 1.24 bits per heavy atom. The Bertz CT molecular complexity index is 851. The Labute approximate surface area is 183 Å². The normalized spacial score (nSPS) is 11.6. The van der Waals surface area contributed by atoms with Gasteiger partial charge in [-0.2, -0.15) is 13.2 Å². The lowest BCUT2D eigenvalue weighted by atomic mass is 10.1. The molecule has 2 rings (SSSR count). The maximum Gasteiger partial charge on any atom is 0.416 e. The van der Waals surface area contributed by atoms with Crippen LogP contribution in [-0.4, -0.2) is 25.6 Å². The highest BCUT2D eigenvalue weighted by molar-refractivity contribution is 14.0. The lowest BCUT2D eigenvalue weighted by molar-refractivity contribution is -0.137. The number of aryl methyl sites for hydroxylation is 1. The number of carbonyl (C=O) groups is 1. The minimum atomic E-state index is -4.39. The van der Waals surface area contributed by atoms with E-state index in [4.69, 9.17) is 4.42 Å². The molecule has 0 saturated heterocycles. The summed E-state index contributed by atoms with van der Waals surface area (Å²) in [6, 6.07) is 6.61. The van der Waals surface area contributed by atoms with Crippen molar-refractivity contribution < 1.29 is 27.1 Å².